The number of alkyl halides is 3. The molecule has 1 aromatic heterocycles. The third kappa shape index (κ3) is 4.15. The Bertz CT molecular complexity index is 1120. The molecule has 3 rings (SSSR count). The molecule has 0 fully saturated rings. The Hall–Kier alpha value is -2.92. The maximum atomic E-state index is 14.2. The first-order chi connectivity index (χ1) is 13.0. The molecule has 6 nitrogen and oxygen atoms in total. The van der Waals surface area contributed by atoms with E-state index in [0.29, 0.717) is 16.9 Å². The van der Waals surface area contributed by atoms with Crippen molar-refractivity contribution in [3.8, 4) is 28.1 Å². The molecule has 2 N–H and O–H groups in total. The molecule has 0 aliphatic rings. The summed E-state index contributed by atoms with van der Waals surface area (Å²) in [6, 6.07) is 8.16. The van der Waals surface area contributed by atoms with Gasteiger partial charge in [0, 0.05) is 5.56 Å². The van der Waals surface area contributed by atoms with Crippen molar-refractivity contribution < 1.29 is 35.2 Å². The number of benzene rings is 2. The lowest BCUT2D eigenvalue weighted by Gasteiger charge is -2.09. The maximum Gasteiger partial charge on any atom is 0.573 e. The van der Waals surface area contributed by atoms with E-state index in [0.717, 1.165) is 24.3 Å². The molecule has 0 saturated heterocycles. The van der Waals surface area contributed by atoms with Crippen LogP contribution in [0.15, 0.2) is 51.9 Å². The van der Waals surface area contributed by atoms with Crippen molar-refractivity contribution in [2.24, 2.45) is 5.14 Å². The van der Waals surface area contributed by atoms with Gasteiger partial charge in [0.05, 0.1) is 5.56 Å². The van der Waals surface area contributed by atoms with Gasteiger partial charge in [0.2, 0.25) is 10.0 Å². The number of ether oxygens (including phenoxy) is 1. The van der Waals surface area contributed by atoms with E-state index in [1.165, 1.54) is 18.2 Å². The van der Waals surface area contributed by atoms with Gasteiger partial charge in [0.15, 0.2) is 0 Å². The SMILES string of the molecule is Cc1onc(-c2ccc(OC(F)(F)F)cc2)c1-c1ccc(S(N)(=O)=O)c(F)c1. The van der Waals surface area contributed by atoms with Crippen molar-refractivity contribution in [3.05, 3.63) is 54.0 Å². The number of aryl methyl sites for hydroxylation is 1. The van der Waals surface area contributed by atoms with E-state index in [2.05, 4.69) is 9.89 Å². The second-order valence-electron chi connectivity index (χ2n) is 5.72. The predicted octanol–water partition coefficient (Wildman–Crippen LogP) is 4.00. The minimum Gasteiger partial charge on any atom is -0.406 e. The normalized spacial score (nSPS) is 12.2. The zero-order valence-corrected chi connectivity index (χ0v) is 14.9. The summed E-state index contributed by atoms with van der Waals surface area (Å²) >= 11 is 0. The molecular weight excluding hydrogens is 404 g/mol. The second-order valence-corrected chi connectivity index (χ2v) is 7.25. The van der Waals surface area contributed by atoms with Gasteiger partial charge in [-0.05, 0) is 48.9 Å². The minimum absolute atomic E-state index is 0.235. The minimum atomic E-state index is -4.82. The van der Waals surface area contributed by atoms with E-state index < -0.39 is 32.8 Å². The fourth-order valence-corrected chi connectivity index (χ4v) is 3.20. The van der Waals surface area contributed by atoms with Crippen molar-refractivity contribution in [3.63, 3.8) is 0 Å². The Morgan fingerprint density at radius 2 is 1.68 bits per heavy atom. The van der Waals surface area contributed by atoms with Crippen LogP contribution in [0.5, 0.6) is 5.75 Å². The lowest BCUT2D eigenvalue weighted by molar-refractivity contribution is -0.274. The smallest absolute Gasteiger partial charge is 0.406 e. The van der Waals surface area contributed by atoms with Crippen molar-refractivity contribution in [1.29, 1.82) is 0 Å². The summed E-state index contributed by atoms with van der Waals surface area (Å²) in [5.41, 5.74) is 1.23. The van der Waals surface area contributed by atoms with Gasteiger partial charge in [-0.2, -0.15) is 0 Å². The summed E-state index contributed by atoms with van der Waals surface area (Å²) in [4.78, 5) is -0.666. The highest BCUT2D eigenvalue weighted by Gasteiger charge is 2.31. The molecule has 11 heteroatoms. The van der Waals surface area contributed by atoms with E-state index in [9.17, 15) is 26.0 Å². The monoisotopic (exact) mass is 416 g/mol. The average Bonchev–Trinajstić information content (AvgIpc) is 2.94. The highest BCUT2D eigenvalue weighted by molar-refractivity contribution is 7.89. The van der Waals surface area contributed by atoms with E-state index in [1.807, 2.05) is 0 Å². The van der Waals surface area contributed by atoms with Gasteiger partial charge in [-0.3, -0.25) is 0 Å². The number of hydrogen-bond donors (Lipinski definition) is 1. The summed E-state index contributed by atoms with van der Waals surface area (Å²) in [6.07, 6.45) is -4.82. The molecule has 0 atom stereocenters. The maximum absolute atomic E-state index is 14.2. The van der Waals surface area contributed by atoms with E-state index in [1.54, 1.807) is 6.92 Å². The molecule has 2 aromatic carbocycles. The summed E-state index contributed by atoms with van der Waals surface area (Å²) in [5.74, 6) is -1.17. The van der Waals surface area contributed by atoms with Crippen LogP contribution in [0.3, 0.4) is 0 Å². The predicted molar refractivity (Wildman–Crippen MR) is 90.1 cm³/mol. The topological polar surface area (TPSA) is 95.4 Å². The molecule has 1 heterocycles. The van der Waals surface area contributed by atoms with Crippen LogP contribution in [-0.4, -0.2) is 19.9 Å². The Labute approximate surface area is 156 Å². The molecule has 0 aliphatic carbocycles. The summed E-state index contributed by atoms with van der Waals surface area (Å²) < 4.78 is 82.6. The van der Waals surface area contributed by atoms with Gasteiger partial charge < -0.3 is 9.26 Å². The first-order valence-electron chi connectivity index (χ1n) is 7.61. The molecule has 0 radical (unpaired) electrons. The zero-order chi connectivity index (χ0) is 20.7. The van der Waals surface area contributed by atoms with E-state index in [-0.39, 0.29) is 11.3 Å². The molecule has 0 saturated carbocycles. The summed E-state index contributed by atoms with van der Waals surface area (Å²) in [6.45, 7) is 1.55. The number of aromatic nitrogens is 1. The molecule has 0 aliphatic heterocycles. The van der Waals surface area contributed by atoms with Crippen molar-refractivity contribution in [1.82, 2.24) is 5.16 Å². The van der Waals surface area contributed by atoms with Crippen LogP contribution in [0.1, 0.15) is 5.76 Å². The second kappa shape index (κ2) is 6.91. The Morgan fingerprint density at radius 3 is 2.21 bits per heavy atom. The highest BCUT2D eigenvalue weighted by Crippen LogP contribution is 2.36. The van der Waals surface area contributed by atoms with E-state index >= 15 is 0 Å². The van der Waals surface area contributed by atoms with Crippen molar-refractivity contribution in [2.75, 3.05) is 0 Å². The number of nitrogens with zero attached hydrogens (tertiary/aromatic N) is 1. The summed E-state index contributed by atoms with van der Waals surface area (Å²) in [7, 11) is -4.23. The first-order valence-corrected chi connectivity index (χ1v) is 9.15. The van der Waals surface area contributed by atoms with Crippen molar-refractivity contribution >= 4 is 10.0 Å². The molecule has 0 spiro atoms. The number of primary sulfonamides is 1. The fraction of sp³-hybridized carbons (Fsp3) is 0.118. The van der Waals surface area contributed by atoms with Gasteiger partial charge >= 0.3 is 6.36 Å². The van der Waals surface area contributed by atoms with Crippen LogP contribution in [0.4, 0.5) is 17.6 Å². The number of halogens is 4. The molecule has 0 unspecified atom stereocenters. The van der Waals surface area contributed by atoms with Crippen LogP contribution in [0.25, 0.3) is 22.4 Å². The number of nitrogens with two attached hydrogens (primary N) is 1. The number of rotatable bonds is 4. The van der Waals surface area contributed by atoms with Crippen LogP contribution < -0.4 is 9.88 Å². The van der Waals surface area contributed by atoms with Crippen LogP contribution in [0.2, 0.25) is 0 Å². The van der Waals surface area contributed by atoms with Crippen molar-refractivity contribution in [2.45, 2.75) is 18.2 Å². The lowest BCUT2D eigenvalue weighted by atomic mass is 9.99. The highest BCUT2D eigenvalue weighted by atomic mass is 32.2. The Morgan fingerprint density at radius 1 is 1.07 bits per heavy atom. The molecule has 148 valence electrons. The van der Waals surface area contributed by atoms with Crippen LogP contribution in [-0.2, 0) is 10.0 Å². The lowest BCUT2D eigenvalue weighted by Crippen LogP contribution is -2.16. The Balaban J connectivity index is 2.03. The average molecular weight is 416 g/mol. The molecule has 0 bridgehead atoms. The molecule has 0 amide bonds. The largest absolute Gasteiger partial charge is 0.573 e. The van der Waals surface area contributed by atoms with Gasteiger partial charge in [0.25, 0.3) is 0 Å². The molecule has 3 aromatic rings. The van der Waals surface area contributed by atoms with Gasteiger partial charge in [0.1, 0.15) is 27.9 Å². The van der Waals surface area contributed by atoms with Crippen LogP contribution >= 0.6 is 0 Å². The molecular formula is C17H12F4N2O4S. The molecule has 28 heavy (non-hydrogen) atoms. The third-order valence-corrected chi connectivity index (χ3v) is 4.70. The van der Waals surface area contributed by atoms with Crippen LogP contribution in [0, 0.1) is 12.7 Å². The Kier molecular flexibility index (Phi) is 4.90. The summed E-state index contributed by atoms with van der Waals surface area (Å²) in [5, 5.41) is 8.81. The number of hydrogen-bond acceptors (Lipinski definition) is 5. The zero-order valence-electron chi connectivity index (χ0n) is 14.1. The van der Waals surface area contributed by atoms with Gasteiger partial charge in [-0.1, -0.05) is 11.2 Å². The first kappa shape index (κ1) is 19.8. The van der Waals surface area contributed by atoms with Gasteiger partial charge in [-0.25, -0.2) is 17.9 Å². The standard InChI is InChI=1S/C17H12F4N2O4S/c1-9-15(11-4-7-14(13(18)8-11)28(22,24)25)16(23-27-9)10-2-5-12(6-3-10)26-17(19,20)21/h2-8H,1H3,(H2,22,24,25). The third-order valence-electron chi connectivity index (χ3n) is 3.75. The quantitative estimate of drug-likeness (QED) is 0.649. The fourth-order valence-electron chi connectivity index (χ4n) is 2.61. The number of sulfonamides is 1. The van der Waals surface area contributed by atoms with E-state index in [4.69, 9.17) is 9.66 Å². The van der Waals surface area contributed by atoms with Gasteiger partial charge in [-0.15, -0.1) is 13.2 Å².